The molecule has 0 fully saturated rings. The molecule has 0 radical (unpaired) electrons. The van der Waals surface area contributed by atoms with Gasteiger partial charge in [-0.25, -0.2) is 4.79 Å². The number of carbonyl (C=O) groups is 1. The van der Waals surface area contributed by atoms with Gasteiger partial charge in [-0.2, -0.15) is 0 Å². The number of hydrogen-bond acceptors (Lipinski definition) is 3. The molecular weight excluding hydrogens is 278 g/mol. The zero-order valence-electron chi connectivity index (χ0n) is 13.9. The van der Waals surface area contributed by atoms with Crippen LogP contribution in [0.4, 0.5) is 4.79 Å². The first kappa shape index (κ1) is 18.2. The summed E-state index contributed by atoms with van der Waals surface area (Å²) in [5, 5.41) is 12.8. The van der Waals surface area contributed by atoms with E-state index in [1.54, 1.807) is 27.7 Å². The highest BCUT2D eigenvalue weighted by Gasteiger charge is 2.21. The van der Waals surface area contributed by atoms with Crippen molar-refractivity contribution in [1.82, 2.24) is 5.32 Å². The average molecular weight is 305 g/mol. The molecule has 0 aliphatic rings. The molecule has 1 aromatic carbocycles. The minimum atomic E-state index is -0.691. The average Bonchev–Trinajstić information content (AvgIpc) is 2.37. The van der Waals surface area contributed by atoms with E-state index < -0.39 is 23.8 Å². The Kier molecular flexibility index (Phi) is 6.62. The van der Waals surface area contributed by atoms with Crippen molar-refractivity contribution in [2.24, 2.45) is 0 Å². The lowest BCUT2D eigenvalue weighted by Gasteiger charge is -2.24. The maximum absolute atomic E-state index is 11.7. The van der Waals surface area contributed by atoms with Crippen LogP contribution >= 0.6 is 0 Å². The van der Waals surface area contributed by atoms with Gasteiger partial charge in [-0.1, -0.05) is 42.5 Å². The Bertz CT molecular complexity index is 491. The van der Waals surface area contributed by atoms with E-state index in [2.05, 4.69) is 11.9 Å². The summed E-state index contributed by atoms with van der Waals surface area (Å²) in [6.07, 6.45) is -0.0559. The molecule has 0 aliphatic carbocycles. The maximum Gasteiger partial charge on any atom is 0.407 e. The lowest BCUT2D eigenvalue weighted by atomic mass is 9.98. The van der Waals surface area contributed by atoms with Gasteiger partial charge in [-0.3, -0.25) is 0 Å². The minimum absolute atomic E-state index is 0.401. The van der Waals surface area contributed by atoms with Gasteiger partial charge in [0.1, 0.15) is 5.60 Å². The number of ether oxygens (including phenoxy) is 1. The third-order valence-corrected chi connectivity index (χ3v) is 3.12. The SMILES string of the molecule is C=C(Cc1ccccc1)C[C@H](O)[C@H](C)NC(=O)OC(C)(C)C. The van der Waals surface area contributed by atoms with E-state index in [9.17, 15) is 9.90 Å². The molecule has 0 bridgehead atoms. The third-order valence-electron chi connectivity index (χ3n) is 3.12. The number of rotatable bonds is 6. The van der Waals surface area contributed by atoms with Crippen molar-refractivity contribution >= 4 is 6.09 Å². The van der Waals surface area contributed by atoms with Crippen molar-refractivity contribution in [3.63, 3.8) is 0 Å². The van der Waals surface area contributed by atoms with Crippen LogP contribution < -0.4 is 5.32 Å². The summed E-state index contributed by atoms with van der Waals surface area (Å²) in [4.78, 5) is 11.7. The second kappa shape index (κ2) is 7.99. The van der Waals surface area contributed by atoms with Crippen LogP contribution in [0.5, 0.6) is 0 Å². The Hall–Kier alpha value is -1.81. The summed E-state index contributed by atoms with van der Waals surface area (Å²) in [6, 6.07) is 9.58. The van der Waals surface area contributed by atoms with Gasteiger partial charge < -0.3 is 15.2 Å². The molecule has 2 N–H and O–H groups in total. The molecule has 2 atom stereocenters. The monoisotopic (exact) mass is 305 g/mol. The Morgan fingerprint density at radius 2 is 1.91 bits per heavy atom. The number of aliphatic hydroxyl groups excluding tert-OH is 1. The van der Waals surface area contributed by atoms with Gasteiger partial charge in [0.2, 0.25) is 0 Å². The smallest absolute Gasteiger partial charge is 0.407 e. The maximum atomic E-state index is 11.7. The molecule has 0 unspecified atom stereocenters. The molecule has 0 heterocycles. The highest BCUT2D eigenvalue weighted by molar-refractivity contribution is 5.68. The van der Waals surface area contributed by atoms with Gasteiger partial charge in [0.25, 0.3) is 0 Å². The first-order valence-corrected chi connectivity index (χ1v) is 7.55. The van der Waals surface area contributed by atoms with Crippen LogP contribution in [0, 0.1) is 0 Å². The highest BCUT2D eigenvalue weighted by Crippen LogP contribution is 2.14. The van der Waals surface area contributed by atoms with Crippen molar-refractivity contribution in [1.29, 1.82) is 0 Å². The first-order chi connectivity index (χ1) is 10.2. The van der Waals surface area contributed by atoms with Crippen molar-refractivity contribution < 1.29 is 14.6 Å². The normalized spacial score (nSPS) is 14.0. The van der Waals surface area contributed by atoms with Gasteiger partial charge >= 0.3 is 6.09 Å². The van der Waals surface area contributed by atoms with Crippen molar-refractivity contribution in [2.75, 3.05) is 0 Å². The van der Waals surface area contributed by atoms with Crippen molar-refractivity contribution in [3.05, 3.63) is 48.0 Å². The Morgan fingerprint density at radius 1 is 1.32 bits per heavy atom. The quantitative estimate of drug-likeness (QED) is 0.791. The Morgan fingerprint density at radius 3 is 2.45 bits per heavy atom. The highest BCUT2D eigenvalue weighted by atomic mass is 16.6. The van der Waals surface area contributed by atoms with Gasteiger partial charge in [-0.05, 0) is 46.1 Å². The fraction of sp³-hybridized carbons (Fsp3) is 0.500. The van der Waals surface area contributed by atoms with Gasteiger partial charge in [0.15, 0.2) is 0 Å². The van der Waals surface area contributed by atoms with Crippen LogP contribution in [0.2, 0.25) is 0 Å². The zero-order chi connectivity index (χ0) is 16.8. The van der Waals surface area contributed by atoms with Crippen molar-refractivity contribution in [3.8, 4) is 0 Å². The van der Waals surface area contributed by atoms with Crippen LogP contribution in [0.15, 0.2) is 42.5 Å². The molecule has 1 aromatic rings. The number of carbonyl (C=O) groups excluding carboxylic acids is 1. The number of aliphatic hydroxyl groups is 1. The zero-order valence-corrected chi connectivity index (χ0v) is 13.9. The fourth-order valence-electron chi connectivity index (χ4n) is 2.02. The molecule has 1 amide bonds. The van der Waals surface area contributed by atoms with Crippen LogP contribution in [-0.4, -0.2) is 28.9 Å². The van der Waals surface area contributed by atoms with E-state index in [0.29, 0.717) is 6.42 Å². The van der Waals surface area contributed by atoms with Crippen LogP contribution in [0.3, 0.4) is 0 Å². The van der Waals surface area contributed by atoms with E-state index in [1.165, 1.54) is 0 Å². The van der Waals surface area contributed by atoms with Crippen LogP contribution in [0.25, 0.3) is 0 Å². The molecule has 22 heavy (non-hydrogen) atoms. The number of nitrogens with one attached hydrogen (secondary N) is 1. The minimum Gasteiger partial charge on any atom is -0.444 e. The summed E-state index contributed by atoms with van der Waals surface area (Å²) in [6.45, 7) is 11.2. The standard InChI is InChI=1S/C18H27NO3/c1-13(11-15-9-7-6-8-10-15)12-16(20)14(2)19-17(21)22-18(3,4)5/h6-10,14,16,20H,1,11-12H2,2-5H3,(H,19,21)/t14-,16-/m0/s1. The molecular formula is C18H27NO3. The summed E-state index contributed by atoms with van der Waals surface area (Å²) in [5.41, 5.74) is 1.54. The third kappa shape index (κ3) is 7.27. The summed E-state index contributed by atoms with van der Waals surface area (Å²) in [5.74, 6) is 0. The molecule has 4 nitrogen and oxygen atoms in total. The molecule has 0 aliphatic heterocycles. The summed E-state index contributed by atoms with van der Waals surface area (Å²) >= 11 is 0. The molecule has 0 saturated heterocycles. The van der Waals surface area contributed by atoms with Crippen LogP contribution in [0.1, 0.15) is 39.7 Å². The Balaban J connectivity index is 2.42. The second-order valence-corrected chi connectivity index (χ2v) is 6.62. The van der Waals surface area contributed by atoms with Crippen molar-refractivity contribution in [2.45, 2.75) is 58.3 Å². The predicted octanol–water partition coefficient (Wildman–Crippen LogP) is 3.45. The first-order valence-electron chi connectivity index (χ1n) is 7.55. The van der Waals surface area contributed by atoms with Gasteiger partial charge in [0, 0.05) is 0 Å². The number of amides is 1. The molecule has 0 aromatic heterocycles. The molecule has 122 valence electrons. The molecule has 4 heteroatoms. The molecule has 0 spiro atoms. The number of benzene rings is 1. The van der Waals surface area contributed by atoms with Gasteiger partial charge in [0.05, 0.1) is 12.1 Å². The topological polar surface area (TPSA) is 58.6 Å². The van der Waals surface area contributed by atoms with E-state index in [4.69, 9.17) is 4.74 Å². The fourth-order valence-corrected chi connectivity index (χ4v) is 2.02. The number of alkyl carbamates (subject to hydrolysis) is 1. The molecule has 0 saturated carbocycles. The lowest BCUT2D eigenvalue weighted by molar-refractivity contribution is 0.0436. The van der Waals surface area contributed by atoms with E-state index in [-0.39, 0.29) is 0 Å². The summed E-state index contributed by atoms with van der Waals surface area (Å²) in [7, 11) is 0. The van der Waals surface area contributed by atoms with Gasteiger partial charge in [-0.15, -0.1) is 0 Å². The second-order valence-electron chi connectivity index (χ2n) is 6.62. The van der Waals surface area contributed by atoms with E-state index in [0.717, 1.165) is 17.6 Å². The molecule has 1 rings (SSSR count). The predicted molar refractivity (Wildman–Crippen MR) is 88.7 cm³/mol. The van der Waals surface area contributed by atoms with Crippen LogP contribution in [-0.2, 0) is 11.2 Å². The lowest BCUT2D eigenvalue weighted by Crippen LogP contribution is -2.43. The van der Waals surface area contributed by atoms with E-state index in [1.807, 2.05) is 30.3 Å². The Labute approximate surface area is 133 Å². The largest absolute Gasteiger partial charge is 0.444 e. The number of hydrogen-bond donors (Lipinski definition) is 2. The summed E-state index contributed by atoms with van der Waals surface area (Å²) < 4.78 is 5.18. The van der Waals surface area contributed by atoms with E-state index >= 15 is 0 Å².